The minimum absolute atomic E-state index is 0.314. The van der Waals surface area contributed by atoms with Crippen LogP contribution in [0.2, 0.25) is 0 Å². The van der Waals surface area contributed by atoms with Crippen LogP contribution in [0.3, 0.4) is 0 Å². The SMILES string of the molecule is CC(C)(C)C1CCC(Oc2ccc3c(c2)CCC(CO)C3)CC1. The zero-order valence-electron chi connectivity index (χ0n) is 15.0. The number of aliphatic hydroxyl groups is 1. The number of fused-ring (bicyclic) bond motifs is 1. The van der Waals surface area contributed by atoms with Crippen molar-refractivity contribution in [2.45, 2.75) is 71.8 Å². The van der Waals surface area contributed by atoms with Crippen molar-refractivity contribution in [3.63, 3.8) is 0 Å². The molecule has 1 saturated carbocycles. The Morgan fingerprint density at radius 2 is 1.78 bits per heavy atom. The van der Waals surface area contributed by atoms with Gasteiger partial charge < -0.3 is 9.84 Å². The first-order valence-corrected chi connectivity index (χ1v) is 9.35. The van der Waals surface area contributed by atoms with Crippen LogP contribution in [0.15, 0.2) is 18.2 Å². The number of ether oxygens (including phenoxy) is 1. The highest BCUT2D eigenvalue weighted by Gasteiger charge is 2.30. The molecule has 23 heavy (non-hydrogen) atoms. The second-order valence-electron chi connectivity index (χ2n) is 8.68. The molecule has 0 aliphatic heterocycles. The maximum atomic E-state index is 9.34. The Morgan fingerprint density at radius 3 is 2.43 bits per heavy atom. The van der Waals surface area contributed by atoms with Crippen molar-refractivity contribution in [1.82, 2.24) is 0 Å². The molecule has 2 aliphatic rings. The second-order valence-corrected chi connectivity index (χ2v) is 8.68. The maximum absolute atomic E-state index is 9.34. The van der Waals surface area contributed by atoms with E-state index in [1.54, 1.807) is 0 Å². The van der Waals surface area contributed by atoms with Gasteiger partial charge in [-0.3, -0.25) is 0 Å². The number of hydrogen-bond acceptors (Lipinski definition) is 2. The highest BCUT2D eigenvalue weighted by Crippen LogP contribution is 2.39. The van der Waals surface area contributed by atoms with E-state index in [1.807, 2.05) is 0 Å². The predicted molar refractivity (Wildman–Crippen MR) is 94.9 cm³/mol. The quantitative estimate of drug-likeness (QED) is 0.870. The Bertz CT molecular complexity index is 521. The number of benzene rings is 1. The molecule has 0 bridgehead atoms. The first kappa shape index (κ1) is 16.8. The van der Waals surface area contributed by atoms with Crippen molar-refractivity contribution < 1.29 is 9.84 Å². The summed E-state index contributed by atoms with van der Waals surface area (Å²) in [5, 5.41) is 9.34. The maximum Gasteiger partial charge on any atom is 0.120 e. The largest absolute Gasteiger partial charge is 0.490 e. The molecule has 1 N–H and O–H groups in total. The van der Waals surface area contributed by atoms with Crippen LogP contribution in [0.4, 0.5) is 0 Å². The highest BCUT2D eigenvalue weighted by molar-refractivity contribution is 5.37. The van der Waals surface area contributed by atoms with Gasteiger partial charge in [0.05, 0.1) is 6.10 Å². The third kappa shape index (κ3) is 4.09. The van der Waals surface area contributed by atoms with Gasteiger partial charge in [0.25, 0.3) is 0 Å². The zero-order chi connectivity index (χ0) is 16.4. The molecule has 2 nitrogen and oxygen atoms in total. The first-order chi connectivity index (χ1) is 11.0. The van der Waals surface area contributed by atoms with Gasteiger partial charge in [0.2, 0.25) is 0 Å². The summed E-state index contributed by atoms with van der Waals surface area (Å²) in [6.45, 7) is 7.40. The summed E-state index contributed by atoms with van der Waals surface area (Å²) in [5.41, 5.74) is 3.26. The minimum Gasteiger partial charge on any atom is -0.490 e. The monoisotopic (exact) mass is 316 g/mol. The molecule has 1 aromatic rings. The number of rotatable bonds is 3. The molecule has 0 saturated heterocycles. The van der Waals surface area contributed by atoms with Crippen LogP contribution >= 0.6 is 0 Å². The first-order valence-electron chi connectivity index (χ1n) is 9.35. The fourth-order valence-corrected chi connectivity index (χ4v) is 4.28. The normalized spacial score (nSPS) is 28.3. The van der Waals surface area contributed by atoms with Crippen molar-refractivity contribution in [3.8, 4) is 5.75 Å². The minimum atomic E-state index is 0.314. The van der Waals surface area contributed by atoms with Gasteiger partial charge >= 0.3 is 0 Å². The molecule has 0 aromatic heterocycles. The van der Waals surface area contributed by atoms with E-state index in [-0.39, 0.29) is 0 Å². The van der Waals surface area contributed by atoms with E-state index in [0.717, 1.165) is 30.9 Å². The standard InChI is InChI=1S/C21H32O2/c1-21(2,3)18-7-10-19(11-8-18)23-20-9-6-16-12-15(14-22)4-5-17(16)13-20/h6,9,13,15,18-19,22H,4-5,7-8,10-12,14H2,1-3H3. The van der Waals surface area contributed by atoms with Crippen molar-refractivity contribution in [2.24, 2.45) is 17.3 Å². The third-order valence-corrected chi connectivity index (χ3v) is 5.97. The van der Waals surface area contributed by atoms with Crippen LogP contribution in [-0.2, 0) is 12.8 Å². The fourth-order valence-electron chi connectivity index (χ4n) is 4.28. The molecule has 128 valence electrons. The molecule has 2 aliphatic carbocycles. The summed E-state index contributed by atoms with van der Waals surface area (Å²) in [7, 11) is 0. The zero-order valence-corrected chi connectivity index (χ0v) is 15.0. The average molecular weight is 316 g/mol. The van der Waals surface area contributed by atoms with Gasteiger partial charge in [-0.15, -0.1) is 0 Å². The summed E-state index contributed by atoms with van der Waals surface area (Å²) in [6.07, 6.45) is 8.53. The Kier molecular flexibility index (Phi) is 5.01. The molecule has 1 atom stereocenters. The molecule has 1 fully saturated rings. The molecule has 0 radical (unpaired) electrons. The second kappa shape index (κ2) is 6.84. The van der Waals surface area contributed by atoms with Crippen LogP contribution in [0.1, 0.15) is 64.0 Å². The summed E-state index contributed by atoms with van der Waals surface area (Å²) in [5.74, 6) is 2.33. The van der Waals surface area contributed by atoms with Crippen molar-refractivity contribution >= 4 is 0 Å². The van der Waals surface area contributed by atoms with Gasteiger partial charge in [-0.2, -0.15) is 0 Å². The Hall–Kier alpha value is -1.02. The van der Waals surface area contributed by atoms with E-state index >= 15 is 0 Å². The molecular weight excluding hydrogens is 284 g/mol. The Labute approximate surface area is 141 Å². The van der Waals surface area contributed by atoms with Gasteiger partial charge in [0, 0.05) is 6.61 Å². The van der Waals surface area contributed by atoms with Crippen molar-refractivity contribution in [2.75, 3.05) is 6.61 Å². The summed E-state index contributed by atoms with van der Waals surface area (Å²) in [4.78, 5) is 0. The van der Waals surface area contributed by atoms with E-state index in [4.69, 9.17) is 4.74 Å². The van der Waals surface area contributed by atoms with E-state index in [1.165, 1.54) is 36.8 Å². The lowest BCUT2D eigenvalue weighted by molar-refractivity contribution is 0.0881. The Balaban J connectivity index is 1.58. The molecule has 1 unspecified atom stereocenters. The van der Waals surface area contributed by atoms with Crippen LogP contribution in [0.5, 0.6) is 5.75 Å². The number of aryl methyl sites for hydroxylation is 1. The molecule has 3 rings (SSSR count). The van der Waals surface area contributed by atoms with Crippen LogP contribution < -0.4 is 4.74 Å². The van der Waals surface area contributed by atoms with E-state index < -0.39 is 0 Å². The average Bonchev–Trinajstić information content (AvgIpc) is 2.54. The Morgan fingerprint density at radius 1 is 1.04 bits per heavy atom. The number of hydrogen-bond donors (Lipinski definition) is 1. The van der Waals surface area contributed by atoms with Crippen molar-refractivity contribution in [3.05, 3.63) is 29.3 Å². The number of aliphatic hydroxyl groups excluding tert-OH is 1. The topological polar surface area (TPSA) is 29.5 Å². The molecule has 0 spiro atoms. The third-order valence-electron chi connectivity index (χ3n) is 5.97. The van der Waals surface area contributed by atoms with Crippen molar-refractivity contribution in [1.29, 1.82) is 0 Å². The smallest absolute Gasteiger partial charge is 0.120 e. The summed E-state index contributed by atoms with van der Waals surface area (Å²) in [6, 6.07) is 6.60. The molecule has 1 aromatic carbocycles. The van der Waals surface area contributed by atoms with Gasteiger partial charge in [-0.05, 0) is 85.5 Å². The van der Waals surface area contributed by atoms with E-state index in [2.05, 4.69) is 39.0 Å². The van der Waals surface area contributed by atoms with Crippen LogP contribution in [0, 0.1) is 17.3 Å². The highest BCUT2D eigenvalue weighted by atomic mass is 16.5. The fraction of sp³-hybridized carbons (Fsp3) is 0.714. The van der Waals surface area contributed by atoms with Gasteiger partial charge in [0.15, 0.2) is 0 Å². The molecular formula is C21H32O2. The molecule has 2 heteroatoms. The van der Waals surface area contributed by atoms with E-state index in [0.29, 0.717) is 24.0 Å². The molecule has 0 amide bonds. The van der Waals surface area contributed by atoms with E-state index in [9.17, 15) is 5.11 Å². The summed E-state index contributed by atoms with van der Waals surface area (Å²) >= 11 is 0. The lowest BCUT2D eigenvalue weighted by atomic mass is 9.72. The lowest BCUT2D eigenvalue weighted by Crippen LogP contribution is -2.30. The van der Waals surface area contributed by atoms with Gasteiger partial charge in [-0.1, -0.05) is 26.8 Å². The molecule has 0 heterocycles. The lowest BCUT2D eigenvalue weighted by Gasteiger charge is -2.37. The van der Waals surface area contributed by atoms with Crippen LogP contribution in [-0.4, -0.2) is 17.8 Å². The predicted octanol–water partition coefficient (Wildman–Crippen LogP) is 4.77. The van der Waals surface area contributed by atoms with Gasteiger partial charge in [-0.25, -0.2) is 0 Å². The van der Waals surface area contributed by atoms with Gasteiger partial charge in [0.1, 0.15) is 5.75 Å². The summed E-state index contributed by atoms with van der Waals surface area (Å²) < 4.78 is 6.29. The van der Waals surface area contributed by atoms with Crippen LogP contribution in [0.25, 0.3) is 0 Å².